The van der Waals surface area contributed by atoms with Gasteiger partial charge in [0, 0.05) is 0 Å². The predicted octanol–water partition coefficient (Wildman–Crippen LogP) is 6.05. The van der Waals surface area contributed by atoms with E-state index in [9.17, 15) is 10.1 Å². The van der Waals surface area contributed by atoms with Gasteiger partial charge in [-0.05, 0) is 77.9 Å². The Kier molecular flexibility index (Phi) is 9.08. The molecule has 0 aliphatic carbocycles. The standard InChI is InChI=1S/C21H18Cl2INO4/c1-3-27-19-10-14(7-15(11-25)21(26)28-4-2)9-18(24)20(19)29-12-13-5-6-16(22)17(23)8-13/h5-10H,3-4,12H2,1-2H3/b15-7-. The molecule has 2 aromatic rings. The second kappa shape index (κ2) is 11.3. The zero-order chi connectivity index (χ0) is 21.4. The van der Waals surface area contributed by atoms with Crippen molar-refractivity contribution in [3.63, 3.8) is 0 Å². The van der Waals surface area contributed by atoms with Crippen molar-refractivity contribution in [2.75, 3.05) is 13.2 Å². The summed E-state index contributed by atoms with van der Waals surface area (Å²) in [7, 11) is 0. The Bertz CT molecular complexity index is 970. The van der Waals surface area contributed by atoms with Crippen LogP contribution in [0.25, 0.3) is 6.08 Å². The van der Waals surface area contributed by atoms with E-state index in [1.807, 2.05) is 19.1 Å². The quantitative estimate of drug-likeness (QED) is 0.175. The average molecular weight is 546 g/mol. The third kappa shape index (κ3) is 6.53. The molecule has 2 rings (SSSR count). The van der Waals surface area contributed by atoms with Crippen molar-refractivity contribution in [1.82, 2.24) is 0 Å². The number of benzene rings is 2. The molecule has 0 aliphatic heterocycles. The Hall–Kier alpha value is -1.95. The molecule has 0 saturated heterocycles. The summed E-state index contributed by atoms with van der Waals surface area (Å²) in [6.07, 6.45) is 1.46. The van der Waals surface area contributed by atoms with Gasteiger partial charge in [-0.3, -0.25) is 0 Å². The van der Waals surface area contributed by atoms with Gasteiger partial charge in [-0.15, -0.1) is 0 Å². The molecule has 0 aromatic heterocycles. The van der Waals surface area contributed by atoms with Crippen LogP contribution in [-0.4, -0.2) is 19.2 Å². The van der Waals surface area contributed by atoms with Crippen molar-refractivity contribution in [3.05, 3.63) is 60.6 Å². The van der Waals surface area contributed by atoms with Gasteiger partial charge in [0.05, 0.1) is 26.8 Å². The van der Waals surface area contributed by atoms with E-state index in [0.29, 0.717) is 33.7 Å². The van der Waals surface area contributed by atoms with Crippen LogP contribution < -0.4 is 9.47 Å². The average Bonchev–Trinajstić information content (AvgIpc) is 2.68. The van der Waals surface area contributed by atoms with Gasteiger partial charge in [-0.25, -0.2) is 4.79 Å². The Morgan fingerprint density at radius 1 is 1.14 bits per heavy atom. The molecule has 0 aliphatic rings. The minimum absolute atomic E-state index is 0.0884. The summed E-state index contributed by atoms with van der Waals surface area (Å²) in [6.45, 7) is 4.44. The maximum atomic E-state index is 11.9. The SMILES string of the molecule is CCOC(=O)/C(C#N)=C\c1cc(I)c(OCc2ccc(Cl)c(Cl)c2)c(OCC)c1. The van der Waals surface area contributed by atoms with Crippen molar-refractivity contribution >= 4 is 57.8 Å². The molecule has 5 nitrogen and oxygen atoms in total. The Morgan fingerprint density at radius 3 is 2.52 bits per heavy atom. The molecule has 0 atom stereocenters. The Labute approximate surface area is 193 Å². The molecule has 0 unspecified atom stereocenters. The number of ether oxygens (including phenoxy) is 3. The maximum Gasteiger partial charge on any atom is 0.348 e. The van der Waals surface area contributed by atoms with Crippen molar-refractivity contribution < 1.29 is 19.0 Å². The van der Waals surface area contributed by atoms with E-state index in [0.717, 1.165) is 9.13 Å². The molecule has 8 heteroatoms. The van der Waals surface area contributed by atoms with E-state index in [4.69, 9.17) is 37.4 Å². The van der Waals surface area contributed by atoms with E-state index < -0.39 is 5.97 Å². The second-order valence-corrected chi connectivity index (χ2v) is 7.67. The van der Waals surface area contributed by atoms with E-state index in [1.165, 1.54) is 6.08 Å². The lowest BCUT2D eigenvalue weighted by molar-refractivity contribution is -0.137. The molecule has 0 N–H and O–H groups in total. The molecule has 2 aromatic carbocycles. The monoisotopic (exact) mass is 545 g/mol. The number of carbonyl (C=O) groups is 1. The zero-order valence-electron chi connectivity index (χ0n) is 15.8. The molecule has 0 bridgehead atoms. The van der Waals surface area contributed by atoms with E-state index in [1.54, 1.807) is 31.2 Å². The summed E-state index contributed by atoms with van der Waals surface area (Å²) in [5, 5.41) is 10.2. The van der Waals surface area contributed by atoms with Crippen LogP contribution in [0.5, 0.6) is 11.5 Å². The maximum absolute atomic E-state index is 11.9. The van der Waals surface area contributed by atoms with E-state index in [2.05, 4.69) is 22.6 Å². The van der Waals surface area contributed by atoms with E-state index >= 15 is 0 Å². The van der Waals surface area contributed by atoms with Crippen LogP contribution in [0.15, 0.2) is 35.9 Å². The van der Waals surface area contributed by atoms with Crippen LogP contribution in [0.4, 0.5) is 0 Å². The molecule has 29 heavy (non-hydrogen) atoms. The van der Waals surface area contributed by atoms with Gasteiger partial charge >= 0.3 is 5.97 Å². The number of halogens is 3. The summed E-state index contributed by atoms with van der Waals surface area (Å²) in [5.74, 6) is 0.403. The molecule has 0 fully saturated rings. The number of hydrogen-bond acceptors (Lipinski definition) is 5. The van der Waals surface area contributed by atoms with Gasteiger partial charge in [0.25, 0.3) is 0 Å². The normalized spacial score (nSPS) is 11.0. The summed E-state index contributed by atoms with van der Waals surface area (Å²) < 4.78 is 17.3. The second-order valence-electron chi connectivity index (χ2n) is 5.69. The molecule has 0 spiro atoms. The molecule has 0 saturated carbocycles. The van der Waals surface area contributed by atoms with Crippen molar-refractivity contribution in [2.45, 2.75) is 20.5 Å². The fourth-order valence-corrected chi connectivity index (χ4v) is 3.47. The summed E-state index contributed by atoms with van der Waals surface area (Å²) in [4.78, 5) is 11.9. The zero-order valence-corrected chi connectivity index (χ0v) is 19.5. The first-order valence-corrected chi connectivity index (χ1v) is 10.5. The molecular weight excluding hydrogens is 528 g/mol. The van der Waals surface area contributed by atoms with Gasteiger partial charge in [-0.2, -0.15) is 5.26 Å². The van der Waals surface area contributed by atoms with Crippen LogP contribution in [-0.2, 0) is 16.1 Å². The third-order valence-electron chi connectivity index (χ3n) is 3.63. The minimum atomic E-state index is -0.664. The lowest BCUT2D eigenvalue weighted by atomic mass is 10.1. The summed E-state index contributed by atoms with van der Waals surface area (Å²) in [6, 6.07) is 10.7. The highest BCUT2D eigenvalue weighted by atomic mass is 127. The molecule has 0 amide bonds. The first kappa shape index (κ1) is 23.3. The molecule has 0 heterocycles. The van der Waals surface area contributed by atoms with Crippen LogP contribution in [0.2, 0.25) is 10.0 Å². The number of carbonyl (C=O) groups excluding carboxylic acids is 1. The van der Waals surface area contributed by atoms with Crippen LogP contribution in [0.1, 0.15) is 25.0 Å². The number of nitriles is 1. The van der Waals surface area contributed by atoms with Crippen molar-refractivity contribution in [1.29, 1.82) is 5.26 Å². The highest BCUT2D eigenvalue weighted by Crippen LogP contribution is 2.36. The Morgan fingerprint density at radius 2 is 1.90 bits per heavy atom. The fraction of sp³-hybridized carbons (Fsp3) is 0.238. The van der Waals surface area contributed by atoms with Crippen molar-refractivity contribution in [2.24, 2.45) is 0 Å². The van der Waals surface area contributed by atoms with Crippen LogP contribution >= 0.6 is 45.8 Å². The predicted molar refractivity (Wildman–Crippen MR) is 121 cm³/mol. The third-order valence-corrected chi connectivity index (χ3v) is 5.17. The molecule has 152 valence electrons. The van der Waals surface area contributed by atoms with E-state index in [-0.39, 0.29) is 18.8 Å². The smallest absolute Gasteiger partial charge is 0.348 e. The number of hydrogen-bond donors (Lipinski definition) is 0. The van der Waals surface area contributed by atoms with Gasteiger partial charge < -0.3 is 14.2 Å². The van der Waals surface area contributed by atoms with Crippen LogP contribution in [0.3, 0.4) is 0 Å². The first-order chi connectivity index (χ1) is 13.9. The van der Waals surface area contributed by atoms with Crippen LogP contribution in [0, 0.1) is 14.9 Å². The first-order valence-electron chi connectivity index (χ1n) is 8.71. The topological polar surface area (TPSA) is 68.6 Å². The lowest BCUT2D eigenvalue weighted by Crippen LogP contribution is -2.06. The van der Waals surface area contributed by atoms with Gasteiger partial charge in [0.15, 0.2) is 11.5 Å². The fourth-order valence-electron chi connectivity index (χ4n) is 2.37. The van der Waals surface area contributed by atoms with Gasteiger partial charge in [0.2, 0.25) is 0 Å². The van der Waals surface area contributed by atoms with Crippen molar-refractivity contribution in [3.8, 4) is 17.6 Å². The number of nitrogens with zero attached hydrogens (tertiary/aromatic N) is 1. The Balaban J connectivity index is 2.32. The van der Waals surface area contributed by atoms with Gasteiger partial charge in [-0.1, -0.05) is 29.3 Å². The van der Waals surface area contributed by atoms with Gasteiger partial charge in [0.1, 0.15) is 18.2 Å². The minimum Gasteiger partial charge on any atom is -0.490 e. The number of rotatable bonds is 8. The highest BCUT2D eigenvalue weighted by Gasteiger charge is 2.15. The highest BCUT2D eigenvalue weighted by molar-refractivity contribution is 14.1. The number of esters is 1. The molecular formula is C21H18Cl2INO4. The summed E-state index contributed by atoms with van der Waals surface area (Å²) in [5.41, 5.74) is 1.40. The molecule has 0 radical (unpaired) electrons. The summed E-state index contributed by atoms with van der Waals surface area (Å²) >= 11 is 14.1. The lowest BCUT2D eigenvalue weighted by Gasteiger charge is -2.15. The largest absolute Gasteiger partial charge is 0.490 e.